The van der Waals surface area contributed by atoms with Gasteiger partial charge in [0.25, 0.3) is 0 Å². The molecular weight excluding hydrogens is 372 g/mol. The predicted molar refractivity (Wildman–Crippen MR) is 103 cm³/mol. The molecule has 0 fully saturated rings. The van der Waals surface area contributed by atoms with Crippen molar-refractivity contribution in [3.63, 3.8) is 0 Å². The number of anilines is 1. The number of hydrogen-bond acceptors (Lipinski definition) is 6. The SMILES string of the molecule is CN=C(NCc1ccccc1OC)Nc1nccs1.O=C(O)/C=C/C(=O)O. The highest BCUT2D eigenvalue weighted by molar-refractivity contribution is 7.13. The van der Waals surface area contributed by atoms with Gasteiger partial charge in [-0.15, -0.1) is 11.3 Å². The Kier molecular flexibility index (Phi) is 9.65. The fourth-order valence-electron chi connectivity index (χ4n) is 1.74. The van der Waals surface area contributed by atoms with E-state index in [2.05, 4.69) is 20.6 Å². The number of guanidine groups is 1. The van der Waals surface area contributed by atoms with E-state index in [9.17, 15) is 9.59 Å². The van der Waals surface area contributed by atoms with Crippen molar-refractivity contribution in [2.45, 2.75) is 6.54 Å². The van der Waals surface area contributed by atoms with Crippen LogP contribution in [0.1, 0.15) is 5.56 Å². The molecule has 2 rings (SSSR count). The summed E-state index contributed by atoms with van der Waals surface area (Å²) in [5.74, 6) is -0.972. The molecule has 0 saturated heterocycles. The number of aliphatic imine (C=N–C) groups is 1. The third-order valence-electron chi connectivity index (χ3n) is 2.89. The Balaban J connectivity index is 0.000000387. The van der Waals surface area contributed by atoms with E-state index >= 15 is 0 Å². The lowest BCUT2D eigenvalue weighted by Crippen LogP contribution is -2.30. The van der Waals surface area contributed by atoms with Crippen LogP contribution < -0.4 is 15.4 Å². The Morgan fingerprint density at radius 3 is 2.44 bits per heavy atom. The summed E-state index contributed by atoms with van der Waals surface area (Å²) in [4.78, 5) is 27.4. The number of carbonyl (C=O) groups is 2. The van der Waals surface area contributed by atoms with Crippen molar-refractivity contribution in [1.82, 2.24) is 10.3 Å². The van der Waals surface area contributed by atoms with Crippen LogP contribution in [-0.2, 0) is 16.1 Å². The second kappa shape index (κ2) is 12.0. The molecule has 2 aromatic rings. The van der Waals surface area contributed by atoms with Crippen LogP contribution in [0.25, 0.3) is 0 Å². The zero-order valence-corrected chi connectivity index (χ0v) is 15.6. The van der Waals surface area contributed by atoms with E-state index in [0.29, 0.717) is 24.7 Å². The highest BCUT2D eigenvalue weighted by atomic mass is 32.1. The summed E-state index contributed by atoms with van der Waals surface area (Å²) in [6.07, 6.45) is 2.87. The molecule has 0 unspecified atom stereocenters. The molecule has 0 aliphatic rings. The molecule has 1 heterocycles. The third-order valence-corrected chi connectivity index (χ3v) is 3.58. The lowest BCUT2D eigenvalue weighted by molar-refractivity contribution is -0.134. The van der Waals surface area contributed by atoms with Crippen molar-refractivity contribution in [2.24, 2.45) is 4.99 Å². The van der Waals surface area contributed by atoms with Gasteiger partial charge in [-0.3, -0.25) is 4.99 Å². The molecule has 0 aliphatic heterocycles. The van der Waals surface area contributed by atoms with Gasteiger partial charge in [-0.2, -0.15) is 0 Å². The second-order valence-corrected chi connectivity index (χ2v) is 5.60. The van der Waals surface area contributed by atoms with E-state index in [-0.39, 0.29) is 0 Å². The molecule has 0 saturated carbocycles. The van der Waals surface area contributed by atoms with Crippen LogP contribution in [0.3, 0.4) is 0 Å². The number of carboxylic acids is 2. The molecule has 144 valence electrons. The Morgan fingerprint density at radius 1 is 1.26 bits per heavy atom. The largest absolute Gasteiger partial charge is 0.496 e. The van der Waals surface area contributed by atoms with Crippen LogP contribution in [0, 0.1) is 0 Å². The smallest absolute Gasteiger partial charge is 0.328 e. The summed E-state index contributed by atoms with van der Waals surface area (Å²) in [5, 5.41) is 24.7. The Bertz CT molecular complexity index is 774. The van der Waals surface area contributed by atoms with Gasteiger partial charge in [-0.1, -0.05) is 18.2 Å². The Hall–Kier alpha value is -3.40. The monoisotopic (exact) mass is 392 g/mol. The second-order valence-electron chi connectivity index (χ2n) is 4.71. The first-order chi connectivity index (χ1) is 13.0. The van der Waals surface area contributed by atoms with Gasteiger partial charge < -0.3 is 25.6 Å². The molecule has 0 bridgehead atoms. The van der Waals surface area contributed by atoms with E-state index in [1.807, 2.05) is 29.6 Å². The zero-order chi connectivity index (χ0) is 20.1. The minimum absolute atomic E-state index is 0.558. The van der Waals surface area contributed by atoms with E-state index in [1.54, 1.807) is 20.4 Å². The first kappa shape index (κ1) is 21.6. The van der Waals surface area contributed by atoms with Crippen LogP contribution in [0.4, 0.5) is 5.13 Å². The van der Waals surface area contributed by atoms with Gasteiger partial charge >= 0.3 is 11.9 Å². The van der Waals surface area contributed by atoms with Gasteiger partial charge in [0.1, 0.15) is 5.75 Å². The van der Waals surface area contributed by atoms with E-state index in [0.717, 1.165) is 16.4 Å². The number of nitrogens with zero attached hydrogens (tertiary/aromatic N) is 2. The molecule has 0 radical (unpaired) electrons. The number of aromatic nitrogens is 1. The van der Waals surface area contributed by atoms with Crippen molar-refractivity contribution in [3.05, 3.63) is 53.6 Å². The van der Waals surface area contributed by atoms with Crippen molar-refractivity contribution in [2.75, 3.05) is 19.5 Å². The Morgan fingerprint density at radius 2 is 1.93 bits per heavy atom. The topological polar surface area (TPSA) is 133 Å². The van der Waals surface area contributed by atoms with Crippen LogP contribution in [-0.4, -0.2) is 47.3 Å². The van der Waals surface area contributed by atoms with Crippen molar-refractivity contribution >= 4 is 34.4 Å². The molecule has 4 N–H and O–H groups in total. The number of rotatable bonds is 6. The van der Waals surface area contributed by atoms with Crippen molar-refractivity contribution < 1.29 is 24.5 Å². The zero-order valence-electron chi connectivity index (χ0n) is 14.7. The first-order valence-electron chi connectivity index (χ1n) is 7.59. The summed E-state index contributed by atoms with van der Waals surface area (Å²) >= 11 is 1.53. The number of methoxy groups -OCH3 is 1. The molecular formula is C17H20N4O5S. The summed E-state index contributed by atoms with van der Waals surface area (Å²) in [6, 6.07) is 7.89. The number of carboxylic acid groups (broad SMARTS) is 2. The van der Waals surface area contributed by atoms with E-state index in [1.165, 1.54) is 11.3 Å². The summed E-state index contributed by atoms with van der Waals surface area (Å²) in [6.45, 7) is 0.634. The molecule has 27 heavy (non-hydrogen) atoms. The third kappa shape index (κ3) is 9.02. The van der Waals surface area contributed by atoms with Gasteiger partial charge in [-0.05, 0) is 6.07 Å². The lowest BCUT2D eigenvalue weighted by atomic mass is 10.2. The normalized spacial score (nSPS) is 10.7. The van der Waals surface area contributed by atoms with E-state index < -0.39 is 11.9 Å². The molecule has 10 heteroatoms. The quantitative estimate of drug-likeness (QED) is 0.333. The maximum absolute atomic E-state index is 9.55. The number of hydrogen-bond donors (Lipinski definition) is 4. The summed E-state index contributed by atoms with van der Waals surface area (Å²) < 4.78 is 5.31. The van der Waals surface area contributed by atoms with Crippen LogP contribution in [0.2, 0.25) is 0 Å². The minimum Gasteiger partial charge on any atom is -0.496 e. The number of aliphatic carboxylic acids is 2. The highest BCUT2D eigenvalue weighted by Crippen LogP contribution is 2.16. The highest BCUT2D eigenvalue weighted by Gasteiger charge is 2.04. The maximum atomic E-state index is 9.55. The lowest BCUT2D eigenvalue weighted by Gasteiger charge is -2.12. The van der Waals surface area contributed by atoms with Crippen LogP contribution in [0.5, 0.6) is 5.75 Å². The molecule has 1 aromatic heterocycles. The van der Waals surface area contributed by atoms with E-state index in [4.69, 9.17) is 14.9 Å². The van der Waals surface area contributed by atoms with Gasteiger partial charge in [-0.25, -0.2) is 14.6 Å². The molecule has 0 atom stereocenters. The molecule has 0 aliphatic carbocycles. The van der Waals surface area contributed by atoms with Crippen molar-refractivity contribution in [3.8, 4) is 5.75 Å². The molecule has 1 aromatic carbocycles. The fourth-order valence-corrected chi connectivity index (χ4v) is 2.26. The average Bonchev–Trinajstić information content (AvgIpc) is 3.17. The maximum Gasteiger partial charge on any atom is 0.328 e. The average molecular weight is 392 g/mol. The predicted octanol–water partition coefficient (Wildman–Crippen LogP) is 2.05. The summed E-state index contributed by atoms with van der Waals surface area (Å²) in [7, 11) is 3.40. The van der Waals surface area contributed by atoms with Crippen LogP contribution in [0.15, 0.2) is 53.0 Å². The molecule has 9 nitrogen and oxygen atoms in total. The van der Waals surface area contributed by atoms with Gasteiger partial charge in [0.05, 0.1) is 7.11 Å². The molecule has 0 amide bonds. The number of ether oxygens (including phenoxy) is 1. The van der Waals surface area contributed by atoms with Crippen LogP contribution >= 0.6 is 11.3 Å². The fraction of sp³-hybridized carbons (Fsp3) is 0.176. The molecule has 0 spiro atoms. The van der Waals surface area contributed by atoms with Crippen molar-refractivity contribution in [1.29, 1.82) is 0 Å². The van der Waals surface area contributed by atoms with Gasteiger partial charge in [0.2, 0.25) is 0 Å². The number of nitrogens with one attached hydrogen (secondary N) is 2. The Labute approximate surface area is 160 Å². The number of para-hydroxylation sites is 1. The summed E-state index contributed by atoms with van der Waals surface area (Å²) in [5.41, 5.74) is 1.08. The van der Waals surface area contributed by atoms with Gasteiger partial charge in [0, 0.05) is 42.9 Å². The number of thiazole rings is 1. The number of benzene rings is 1. The standard InChI is InChI=1S/C13H16N4OS.C4H4O4/c1-14-12(17-13-15-7-8-19-13)16-9-10-5-3-4-6-11(10)18-2;5-3(6)1-2-4(7)8/h3-8H,9H2,1-2H3,(H2,14,15,16,17);1-2H,(H,5,6)(H,7,8)/b;2-1+. The van der Waals surface area contributed by atoms with Gasteiger partial charge in [0.15, 0.2) is 11.1 Å². The first-order valence-corrected chi connectivity index (χ1v) is 8.47. The minimum atomic E-state index is -1.26.